The lowest BCUT2D eigenvalue weighted by Crippen LogP contribution is -2.39. The number of rotatable bonds is 9. The topological polar surface area (TPSA) is 65.7 Å². The van der Waals surface area contributed by atoms with E-state index in [0.717, 1.165) is 55.6 Å². The molecule has 6 nitrogen and oxygen atoms in total. The number of nitrogens with one attached hydrogen (secondary N) is 2. The Bertz CT molecular complexity index is 637. The minimum absolute atomic E-state index is 0.546. The number of furan rings is 1. The Morgan fingerprint density at radius 2 is 2.00 bits per heavy atom. The summed E-state index contributed by atoms with van der Waals surface area (Å²) in [5, 5.41) is 6.74. The van der Waals surface area contributed by atoms with Gasteiger partial charge in [0.2, 0.25) is 0 Å². The summed E-state index contributed by atoms with van der Waals surface area (Å²) in [4.78, 5) is 11.3. The molecule has 0 unspecified atom stereocenters. The quantitative estimate of drug-likeness (QED) is 0.416. The Morgan fingerprint density at radius 3 is 2.72 bits per heavy atom. The second-order valence-electron chi connectivity index (χ2n) is 6.08. The number of pyridine rings is 1. The number of aromatic nitrogens is 1. The minimum Gasteiger partial charge on any atom is -0.469 e. The van der Waals surface area contributed by atoms with Crippen molar-refractivity contribution in [3.05, 3.63) is 48.0 Å². The van der Waals surface area contributed by atoms with E-state index in [1.165, 1.54) is 0 Å². The van der Waals surface area contributed by atoms with Crippen LogP contribution in [0.4, 0.5) is 5.82 Å². The maximum absolute atomic E-state index is 5.36. The van der Waals surface area contributed by atoms with Gasteiger partial charge in [0.15, 0.2) is 5.96 Å². The molecule has 0 spiro atoms. The standard InChI is InChI=1S/C19H29N5O/c1-4-5-12-20-19(21-13-11-17-9-7-14-25-17)22-15-16-8-6-10-18(23-16)24(2)3/h6-10,14H,4-5,11-13,15H2,1-3H3,(H2,20,21,22). The number of hydrogen-bond donors (Lipinski definition) is 2. The Morgan fingerprint density at radius 1 is 1.16 bits per heavy atom. The van der Waals surface area contributed by atoms with E-state index < -0.39 is 0 Å². The van der Waals surface area contributed by atoms with Crippen LogP contribution in [0.25, 0.3) is 0 Å². The third-order valence-electron chi connectivity index (χ3n) is 3.72. The van der Waals surface area contributed by atoms with Gasteiger partial charge in [0.05, 0.1) is 18.5 Å². The van der Waals surface area contributed by atoms with Gasteiger partial charge in [-0.3, -0.25) is 0 Å². The molecule has 0 aliphatic rings. The number of aliphatic imine (C=N–C) groups is 1. The van der Waals surface area contributed by atoms with Gasteiger partial charge < -0.3 is 20.0 Å². The fourth-order valence-corrected chi connectivity index (χ4v) is 2.28. The Labute approximate surface area is 150 Å². The molecule has 2 rings (SSSR count). The van der Waals surface area contributed by atoms with Gasteiger partial charge in [0.1, 0.15) is 11.6 Å². The van der Waals surface area contributed by atoms with Gasteiger partial charge in [-0.05, 0) is 30.7 Å². The highest BCUT2D eigenvalue weighted by Gasteiger charge is 2.02. The zero-order valence-electron chi connectivity index (χ0n) is 15.5. The van der Waals surface area contributed by atoms with Crippen LogP contribution < -0.4 is 15.5 Å². The zero-order valence-corrected chi connectivity index (χ0v) is 15.5. The molecule has 0 fully saturated rings. The average molecular weight is 343 g/mol. The molecule has 0 bridgehead atoms. The van der Waals surface area contributed by atoms with E-state index in [1.807, 2.05) is 49.3 Å². The molecule has 25 heavy (non-hydrogen) atoms. The van der Waals surface area contributed by atoms with E-state index in [1.54, 1.807) is 6.26 Å². The second-order valence-corrected chi connectivity index (χ2v) is 6.08. The van der Waals surface area contributed by atoms with E-state index in [9.17, 15) is 0 Å². The van der Waals surface area contributed by atoms with Crippen molar-refractivity contribution in [1.29, 1.82) is 0 Å². The first-order valence-corrected chi connectivity index (χ1v) is 8.87. The molecule has 0 atom stereocenters. The van der Waals surface area contributed by atoms with Crippen molar-refractivity contribution < 1.29 is 4.42 Å². The maximum atomic E-state index is 5.36. The number of hydrogen-bond acceptors (Lipinski definition) is 4. The molecular weight excluding hydrogens is 314 g/mol. The zero-order chi connectivity index (χ0) is 17.9. The van der Waals surface area contributed by atoms with Crippen molar-refractivity contribution >= 4 is 11.8 Å². The molecular formula is C19H29N5O. The maximum Gasteiger partial charge on any atom is 0.191 e. The highest BCUT2D eigenvalue weighted by Crippen LogP contribution is 2.08. The van der Waals surface area contributed by atoms with E-state index in [0.29, 0.717) is 6.54 Å². The van der Waals surface area contributed by atoms with E-state index >= 15 is 0 Å². The molecule has 0 radical (unpaired) electrons. The molecule has 2 aromatic heterocycles. The summed E-state index contributed by atoms with van der Waals surface area (Å²) >= 11 is 0. The second kappa shape index (κ2) is 10.4. The Kier molecular flexibility index (Phi) is 7.82. The van der Waals surface area contributed by atoms with Gasteiger partial charge in [-0.25, -0.2) is 9.98 Å². The fourth-order valence-electron chi connectivity index (χ4n) is 2.28. The first-order chi connectivity index (χ1) is 12.2. The van der Waals surface area contributed by atoms with Crippen LogP contribution >= 0.6 is 0 Å². The molecule has 0 saturated heterocycles. The van der Waals surface area contributed by atoms with E-state index in [4.69, 9.17) is 4.42 Å². The van der Waals surface area contributed by atoms with Crippen molar-refractivity contribution in [3.63, 3.8) is 0 Å². The lowest BCUT2D eigenvalue weighted by molar-refractivity contribution is 0.506. The van der Waals surface area contributed by atoms with Gasteiger partial charge in [-0.1, -0.05) is 19.4 Å². The van der Waals surface area contributed by atoms with E-state index in [2.05, 4.69) is 27.5 Å². The number of guanidine groups is 1. The van der Waals surface area contributed by atoms with Crippen LogP contribution in [-0.2, 0) is 13.0 Å². The molecule has 0 amide bonds. The normalized spacial score (nSPS) is 11.4. The minimum atomic E-state index is 0.546. The largest absolute Gasteiger partial charge is 0.469 e. The summed E-state index contributed by atoms with van der Waals surface area (Å²) in [7, 11) is 3.98. The number of nitrogens with zero attached hydrogens (tertiary/aromatic N) is 3. The number of anilines is 1. The Balaban J connectivity index is 1.92. The van der Waals surface area contributed by atoms with Gasteiger partial charge in [0, 0.05) is 33.6 Å². The van der Waals surface area contributed by atoms with Crippen LogP contribution in [0, 0.1) is 0 Å². The van der Waals surface area contributed by atoms with Gasteiger partial charge in [-0.2, -0.15) is 0 Å². The summed E-state index contributed by atoms with van der Waals surface area (Å²) in [6.45, 7) is 4.41. The lowest BCUT2D eigenvalue weighted by Gasteiger charge is -2.13. The van der Waals surface area contributed by atoms with Crippen molar-refractivity contribution in [1.82, 2.24) is 15.6 Å². The van der Waals surface area contributed by atoms with Crippen molar-refractivity contribution in [2.75, 3.05) is 32.1 Å². The smallest absolute Gasteiger partial charge is 0.191 e. The van der Waals surface area contributed by atoms with Crippen molar-refractivity contribution in [2.45, 2.75) is 32.7 Å². The van der Waals surface area contributed by atoms with Crippen LogP contribution in [0.5, 0.6) is 0 Å². The van der Waals surface area contributed by atoms with Gasteiger partial charge in [0.25, 0.3) is 0 Å². The molecule has 0 aliphatic carbocycles. The fraction of sp³-hybridized carbons (Fsp3) is 0.474. The molecule has 0 aliphatic heterocycles. The van der Waals surface area contributed by atoms with Crippen molar-refractivity contribution in [3.8, 4) is 0 Å². The first-order valence-electron chi connectivity index (χ1n) is 8.87. The highest BCUT2D eigenvalue weighted by atomic mass is 16.3. The van der Waals surface area contributed by atoms with Crippen LogP contribution in [0.2, 0.25) is 0 Å². The molecule has 0 saturated carbocycles. The summed E-state index contributed by atoms with van der Waals surface area (Å²) in [6.07, 6.45) is 4.80. The van der Waals surface area contributed by atoms with Gasteiger partial charge in [-0.15, -0.1) is 0 Å². The molecule has 0 aromatic carbocycles. The third kappa shape index (κ3) is 6.87. The average Bonchev–Trinajstić information content (AvgIpc) is 3.13. The molecule has 2 N–H and O–H groups in total. The third-order valence-corrected chi connectivity index (χ3v) is 3.72. The SMILES string of the molecule is CCCCNC(=NCc1cccc(N(C)C)n1)NCCc1ccco1. The summed E-state index contributed by atoms with van der Waals surface area (Å²) in [6, 6.07) is 9.91. The number of unbranched alkanes of at least 4 members (excludes halogenated alkanes) is 1. The van der Waals surface area contributed by atoms with Gasteiger partial charge >= 0.3 is 0 Å². The molecule has 136 valence electrons. The van der Waals surface area contributed by atoms with Crippen LogP contribution in [0.15, 0.2) is 46.0 Å². The highest BCUT2D eigenvalue weighted by molar-refractivity contribution is 5.79. The predicted octanol–water partition coefficient (Wildman–Crippen LogP) is 2.82. The van der Waals surface area contributed by atoms with Crippen molar-refractivity contribution in [2.24, 2.45) is 4.99 Å². The lowest BCUT2D eigenvalue weighted by atomic mass is 10.3. The summed E-state index contributed by atoms with van der Waals surface area (Å²) in [5.74, 6) is 2.73. The summed E-state index contributed by atoms with van der Waals surface area (Å²) < 4.78 is 5.36. The Hall–Kier alpha value is -2.50. The monoisotopic (exact) mass is 343 g/mol. The van der Waals surface area contributed by atoms with Crippen LogP contribution in [0.3, 0.4) is 0 Å². The first kappa shape index (κ1) is 18.8. The van der Waals surface area contributed by atoms with E-state index in [-0.39, 0.29) is 0 Å². The molecule has 6 heteroatoms. The van der Waals surface area contributed by atoms with Crippen LogP contribution in [0.1, 0.15) is 31.2 Å². The predicted molar refractivity (Wildman–Crippen MR) is 103 cm³/mol. The molecule has 2 heterocycles. The molecule has 2 aromatic rings. The summed E-state index contributed by atoms with van der Waals surface area (Å²) in [5.41, 5.74) is 0.953. The van der Waals surface area contributed by atoms with Crippen LogP contribution in [-0.4, -0.2) is 38.1 Å².